The van der Waals surface area contributed by atoms with Crippen LogP contribution in [0.15, 0.2) is 24.3 Å². The topological polar surface area (TPSA) is 64.3 Å². The zero-order chi connectivity index (χ0) is 13.8. The van der Waals surface area contributed by atoms with Crippen molar-refractivity contribution in [1.82, 2.24) is 5.32 Å². The summed E-state index contributed by atoms with van der Waals surface area (Å²) in [5.41, 5.74) is 6.37. The van der Waals surface area contributed by atoms with Crippen LogP contribution in [-0.4, -0.2) is 24.6 Å². The van der Waals surface area contributed by atoms with Gasteiger partial charge in [0.25, 0.3) is 0 Å². The first-order valence-corrected chi connectivity index (χ1v) is 6.04. The number of rotatable bonds is 5. The number of hydrogen-bond acceptors (Lipinski definition) is 3. The largest absolute Gasteiger partial charge is 0.497 e. The van der Waals surface area contributed by atoms with Crippen molar-refractivity contribution in [2.24, 2.45) is 5.73 Å². The van der Waals surface area contributed by atoms with Crippen molar-refractivity contribution in [1.29, 1.82) is 0 Å². The fraction of sp³-hybridized carbons (Fsp3) is 0.500. The first kappa shape index (κ1) is 14.5. The van der Waals surface area contributed by atoms with E-state index in [4.69, 9.17) is 10.5 Å². The molecule has 0 aliphatic carbocycles. The van der Waals surface area contributed by atoms with Gasteiger partial charge in [0.2, 0.25) is 5.91 Å². The Morgan fingerprint density at radius 1 is 1.39 bits per heavy atom. The van der Waals surface area contributed by atoms with Gasteiger partial charge in [0.1, 0.15) is 5.75 Å². The molecule has 3 N–H and O–H groups in total. The molecule has 4 heteroatoms. The molecule has 4 nitrogen and oxygen atoms in total. The molecule has 0 spiro atoms. The molecule has 1 aromatic rings. The third-order valence-electron chi connectivity index (χ3n) is 3.12. The molecule has 0 fully saturated rings. The summed E-state index contributed by atoms with van der Waals surface area (Å²) in [5, 5.41) is 2.94. The molecule has 1 rings (SSSR count). The van der Waals surface area contributed by atoms with Gasteiger partial charge >= 0.3 is 0 Å². The predicted molar refractivity (Wildman–Crippen MR) is 72.6 cm³/mol. The smallest absolute Gasteiger partial charge is 0.224 e. The van der Waals surface area contributed by atoms with E-state index in [2.05, 4.69) is 5.32 Å². The Kier molecular flexibility index (Phi) is 4.73. The lowest BCUT2D eigenvalue weighted by molar-refractivity contribution is -0.122. The highest BCUT2D eigenvalue weighted by atomic mass is 16.5. The average molecular weight is 250 g/mol. The van der Waals surface area contributed by atoms with E-state index in [1.807, 2.05) is 45.0 Å². The van der Waals surface area contributed by atoms with Crippen molar-refractivity contribution >= 4 is 5.91 Å². The van der Waals surface area contributed by atoms with Gasteiger partial charge < -0.3 is 15.8 Å². The Morgan fingerprint density at radius 3 is 2.39 bits per heavy atom. The number of benzene rings is 1. The van der Waals surface area contributed by atoms with Gasteiger partial charge in [-0.2, -0.15) is 0 Å². The molecule has 0 heterocycles. The summed E-state index contributed by atoms with van der Waals surface area (Å²) >= 11 is 0. The van der Waals surface area contributed by atoms with Crippen LogP contribution in [0.2, 0.25) is 0 Å². The zero-order valence-electron chi connectivity index (χ0n) is 11.5. The second-order valence-electron chi connectivity index (χ2n) is 5.08. The van der Waals surface area contributed by atoms with E-state index in [-0.39, 0.29) is 11.9 Å². The molecule has 0 aromatic heterocycles. The summed E-state index contributed by atoms with van der Waals surface area (Å²) in [7, 11) is 1.62. The molecule has 1 atom stereocenters. The van der Waals surface area contributed by atoms with Crippen LogP contribution in [0.4, 0.5) is 0 Å². The Hall–Kier alpha value is -1.55. The van der Waals surface area contributed by atoms with Crippen molar-refractivity contribution in [3.8, 4) is 5.75 Å². The highest BCUT2D eigenvalue weighted by molar-refractivity contribution is 5.79. The van der Waals surface area contributed by atoms with E-state index in [0.29, 0.717) is 6.42 Å². The molecule has 0 aliphatic rings. The van der Waals surface area contributed by atoms with Gasteiger partial charge in [-0.1, -0.05) is 12.1 Å². The number of hydrogen-bond donors (Lipinski definition) is 2. The minimum absolute atomic E-state index is 0.0255. The lowest BCUT2D eigenvalue weighted by Gasteiger charge is -2.30. The van der Waals surface area contributed by atoms with Crippen LogP contribution in [-0.2, 0) is 11.2 Å². The summed E-state index contributed by atoms with van der Waals surface area (Å²) in [6, 6.07) is 7.37. The van der Waals surface area contributed by atoms with Crippen LogP contribution in [0.25, 0.3) is 0 Å². The number of ether oxygens (including phenoxy) is 1. The van der Waals surface area contributed by atoms with Crippen LogP contribution in [0.3, 0.4) is 0 Å². The Labute approximate surface area is 109 Å². The standard InChI is InChI=1S/C14H22N2O2/c1-10(15)14(2,3)16-13(17)9-11-5-7-12(18-4)8-6-11/h5-8,10H,9,15H2,1-4H3,(H,16,17). The summed E-state index contributed by atoms with van der Waals surface area (Å²) < 4.78 is 5.07. The van der Waals surface area contributed by atoms with E-state index in [1.54, 1.807) is 7.11 Å². The SMILES string of the molecule is COc1ccc(CC(=O)NC(C)(C)C(C)N)cc1. The highest BCUT2D eigenvalue weighted by Gasteiger charge is 2.24. The van der Waals surface area contributed by atoms with E-state index in [0.717, 1.165) is 11.3 Å². The monoisotopic (exact) mass is 250 g/mol. The second-order valence-corrected chi connectivity index (χ2v) is 5.08. The van der Waals surface area contributed by atoms with Gasteiger partial charge in [-0.05, 0) is 38.5 Å². The quantitative estimate of drug-likeness (QED) is 0.832. The second kappa shape index (κ2) is 5.87. The minimum atomic E-state index is -0.399. The normalized spacial score (nSPS) is 12.9. The molecule has 1 aromatic carbocycles. The molecule has 1 amide bonds. The van der Waals surface area contributed by atoms with Crippen molar-refractivity contribution in [2.45, 2.75) is 38.8 Å². The first-order chi connectivity index (χ1) is 8.35. The zero-order valence-corrected chi connectivity index (χ0v) is 11.5. The number of carbonyl (C=O) groups excluding carboxylic acids is 1. The Morgan fingerprint density at radius 2 is 1.94 bits per heavy atom. The van der Waals surface area contributed by atoms with Crippen LogP contribution in [0.5, 0.6) is 5.75 Å². The number of nitrogens with one attached hydrogen (secondary N) is 1. The highest BCUT2D eigenvalue weighted by Crippen LogP contribution is 2.12. The molecular weight excluding hydrogens is 228 g/mol. The molecule has 0 radical (unpaired) electrons. The van der Waals surface area contributed by atoms with Crippen LogP contribution in [0, 0.1) is 0 Å². The van der Waals surface area contributed by atoms with Crippen LogP contribution < -0.4 is 15.8 Å². The maximum Gasteiger partial charge on any atom is 0.224 e. The average Bonchev–Trinajstić information content (AvgIpc) is 2.29. The summed E-state index contributed by atoms with van der Waals surface area (Å²) in [4.78, 5) is 11.9. The van der Waals surface area contributed by atoms with E-state index in [1.165, 1.54) is 0 Å². The lowest BCUT2D eigenvalue weighted by atomic mass is 9.96. The fourth-order valence-electron chi connectivity index (χ4n) is 1.45. The van der Waals surface area contributed by atoms with Crippen LogP contribution >= 0.6 is 0 Å². The van der Waals surface area contributed by atoms with Gasteiger partial charge in [0, 0.05) is 11.6 Å². The maximum absolute atomic E-state index is 11.9. The molecule has 0 bridgehead atoms. The summed E-state index contributed by atoms with van der Waals surface area (Å²) in [5.74, 6) is 0.762. The van der Waals surface area contributed by atoms with Crippen molar-refractivity contribution in [3.05, 3.63) is 29.8 Å². The number of carbonyl (C=O) groups is 1. The van der Waals surface area contributed by atoms with Gasteiger partial charge in [-0.15, -0.1) is 0 Å². The number of nitrogens with two attached hydrogens (primary N) is 1. The fourth-order valence-corrected chi connectivity index (χ4v) is 1.45. The van der Waals surface area contributed by atoms with Gasteiger partial charge in [0.15, 0.2) is 0 Å². The van der Waals surface area contributed by atoms with Crippen molar-refractivity contribution in [3.63, 3.8) is 0 Å². The molecule has 18 heavy (non-hydrogen) atoms. The van der Waals surface area contributed by atoms with Crippen molar-refractivity contribution < 1.29 is 9.53 Å². The lowest BCUT2D eigenvalue weighted by Crippen LogP contribution is -2.54. The summed E-state index contributed by atoms with van der Waals surface area (Å²) in [6.07, 6.45) is 0.347. The molecular formula is C14H22N2O2. The van der Waals surface area contributed by atoms with Crippen molar-refractivity contribution in [2.75, 3.05) is 7.11 Å². The third-order valence-corrected chi connectivity index (χ3v) is 3.12. The Balaban J connectivity index is 2.59. The third kappa shape index (κ3) is 4.04. The van der Waals surface area contributed by atoms with Gasteiger partial charge in [-0.25, -0.2) is 0 Å². The van der Waals surface area contributed by atoms with Crippen LogP contribution in [0.1, 0.15) is 26.3 Å². The molecule has 1 unspecified atom stereocenters. The first-order valence-electron chi connectivity index (χ1n) is 6.04. The molecule has 100 valence electrons. The summed E-state index contributed by atoms with van der Waals surface area (Å²) in [6.45, 7) is 5.72. The Bertz CT molecular complexity index is 397. The van der Waals surface area contributed by atoms with Gasteiger partial charge in [-0.3, -0.25) is 4.79 Å². The predicted octanol–water partition coefficient (Wildman–Crippen LogP) is 1.48. The number of methoxy groups -OCH3 is 1. The molecule has 0 saturated heterocycles. The minimum Gasteiger partial charge on any atom is -0.497 e. The number of amides is 1. The molecule has 0 aliphatic heterocycles. The van der Waals surface area contributed by atoms with E-state index < -0.39 is 5.54 Å². The van der Waals surface area contributed by atoms with E-state index in [9.17, 15) is 4.79 Å². The van der Waals surface area contributed by atoms with E-state index >= 15 is 0 Å². The van der Waals surface area contributed by atoms with Gasteiger partial charge in [0.05, 0.1) is 13.5 Å². The maximum atomic E-state index is 11.9. The molecule has 0 saturated carbocycles.